The number of benzene rings is 1. The maximum absolute atomic E-state index is 13.0. The summed E-state index contributed by atoms with van der Waals surface area (Å²) >= 11 is 3.17. The summed E-state index contributed by atoms with van der Waals surface area (Å²) in [6, 6.07) is 7.57. The fourth-order valence-corrected chi connectivity index (χ4v) is 2.21. The van der Waals surface area contributed by atoms with E-state index < -0.39 is 5.82 Å². The Labute approximate surface area is 119 Å². The van der Waals surface area contributed by atoms with E-state index in [1.807, 2.05) is 19.9 Å². The number of rotatable bonds is 2. The molecule has 0 bridgehead atoms. The van der Waals surface area contributed by atoms with Crippen LogP contribution in [0.25, 0.3) is 0 Å². The third-order valence-electron chi connectivity index (χ3n) is 2.65. The zero-order valence-electron chi connectivity index (χ0n) is 10.5. The van der Waals surface area contributed by atoms with Crippen LogP contribution in [0, 0.1) is 19.7 Å². The maximum Gasteiger partial charge on any atom is 0.256 e. The average Bonchev–Trinajstić information content (AvgIpc) is 2.32. The number of carbonyl (C=O) groups excluding carboxylic acids is 1. The number of halogens is 2. The van der Waals surface area contributed by atoms with Crippen molar-refractivity contribution in [2.75, 3.05) is 5.32 Å². The molecule has 1 heterocycles. The molecule has 0 spiro atoms. The minimum Gasteiger partial charge on any atom is -0.320 e. The second kappa shape index (κ2) is 5.48. The third kappa shape index (κ3) is 3.17. The van der Waals surface area contributed by atoms with E-state index in [0.29, 0.717) is 15.7 Å². The van der Waals surface area contributed by atoms with Gasteiger partial charge in [0.25, 0.3) is 5.91 Å². The molecule has 0 saturated heterocycles. The monoisotopic (exact) mass is 322 g/mol. The minimum atomic E-state index is -0.392. The number of pyridine rings is 1. The summed E-state index contributed by atoms with van der Waals surface area (Å²) in [4.78, 5) is 16.4. The molecule has 0 aliphatic rings. The van der Waals surface area contributed by atoms with Gasteiger partial charge in [0.05, 0.1) is 16.9 Å². The SMILES string of the molecule is Cc1ccc(NC(=O)c2ccc(F)cc2Br)c(C)n1. The number of aryl methyl sites for hydroxylation is 2. The summed E-state index contributed by atoms with van der Waals surface area (Å²) in [5.41, 5.74) is 2.65. The van der Waals surface area contributed by atoms with Gasteiger partial charge in [-0.3, -0.25) is 9.78 Å². The van der Waals surface area contributed by atoms with Crippen LogP contribution in [0.2, 0.25) is 0 Å². The van der Waals surface area contributed by atoms with Crippen LogP contribution in [0.4, 0.5) is 10.1 Å². The average molecular weight is 323 g/mol. The van der Waals surface area contributed by atoms with Gasteiger partial charge in [0, 0.05) is 10.2 Å². The molecule has 0 fully saturated rings. The van der Waals surface area contributed by atoms with E-state index in [0.717, 1.165) is 11.4 Å². The van der Waals surface area contributed by atoms with Crippen molar-refractivity contribution in [3.8, 4) is 0 Å². The molecule has 98 valence electrons. The van der Waals surface area contributed by atoms with Crippen LogP contribution < -0.4 is 5.32 Å². The van der Waals surface area contributed by atoms with E-state index in [-0.39, 0.29) is 5.91 Å². The molecule has 1 N–H and O–H groups in total. The Kier molecular flexibility index (Phi) is 3.95. The summed E-state index contributed by atoms with van der Waals surface area (Å²) < 4.78 is 13.4. The van der Waals surface area contributed by atoms with Crippen LogP contribution in [-0.4, -0.2) is 10.9 Å². The molecule has 0 atom stereocenters. The lowest BCUT2D eigenvalue weighted by Gasteiger charge is -2.09. The van der Waals surface area contributed by atoms with Gasteiger partial charge in [-0.1, -0.05) is 0 Å². The number of anilines is 1. The quantitative estimate of drug-likeness (QED) is 0.912. The van der Waals surface area contributed by atoms with Crippen molar-refractivity contribution in [3.63, 3.8) is 0 Å². The molecular weight excluding hydrogens is 311 g/mol. The Hall–Kier alpha value is -1.75. The summed E-state index contributed by atoms with van der Waals surface area (Å²) in [5.74, 6) is -0.697. The Balaban J connectivity index is 2.25. The zero-order valence-corrected chi connectivity index (χ0v) is 12.1. The first-order valence-electron chi connectivity index (χ1n) is 5.68. The standard InChI is InChI=1S/C14H12BrFN2O/c1-8-3-6-13(9(2)17-8)18-14(19)11-5-4-10(16)7-12(11)15/h3-7H,1-2H3,(H,18,19). The Bertz CT molecular complexity index is 643. The van der Waals surface area contributed by atoms with E-state index in [1.54, 1.807) is 6.07 Å². The van der Waals surface area contributed by atoms with Crippen molar-refractivity contribution in [2.24, 2.45) is 0 Å². The molecule has 0 radical (unpaired) electrons. The summed E-state index contributed by atoms with van der Waals surface area (Å²) in [6.45, 7) is 3.71. The van der Waals surface area contributed by atoms with E-state index in [9.17, 15) is 9.18 Å². The molecule has 1 amide bonds. The van der Waals surface area contributed by atoms with Gasteiger partial charge in [-0.05, 0) is 60.1 Å². The lowest BCUT2D eigenvalue weighted by Crippen LogP contribution is -2.14. The molecule has 1 aromatic heterocycles. The normalized spacial score (nSPS) is 10.3. The number of amides is 1. The van der Waals surface area contributed by atoms with Gasteiger partial charge in [-0.2, -0.15) is 0 Å². The number of hydrogen-bond acceptors (Lipinski definition) is 2. The van der Waals surface area contributed by atoms with Crippen LogP contribution in [0.1, 0.15) is 21.7 Å². The third-order valence-corrected chi connectivity index (χ3v) is 3.31. The smallest absolute Gasteiger partial charge is 0.256 e. The van der Waals surface area contributed by atoms with Crippen molar-refractivity contribution < 1.29 is 9.18 Å². The van der Waals surface area contributed by atoms with Crippen LogP contribution >= 0.6 is 15.9 Å². The number of nitrogens with one attached hydrogen (secondary N) is 1. The predicted molar refractivity (Wildman–Crippen MR) is 75.8 cm³/mol. The molecule has 0 aliphatic heterocycles. The first-order valence-corrected chi connectivity index (χ1v) is 6.47. The van der Waals surface area contributed by atoms with Gasteiger partial charge in [0.2, 0.25) is 0 Å². The summed E-state index contributed by atoms with van der Waals surface area (Å²) in [6.07, 6.45) is 0. The molecule has 0 unspecified atom stereocenters. The van der Waals surface area contributed by atoms with Crippen molar-refractivity contribution in [1.82, 2.24) is 4.98 Å². The largest absolute Gasteiger partial charge is 0.320 e. The van der Waals surface area contributed by atoms with Crippen LogP contribution in [0.3, 0.4) is 0 Å². The van der Waals surface area contributed by atoms with Crippen molar-refractivity contribution >= 4 is 27.5 Å². The lowest BCUT2D eigenvalue weighted by atomic mass is 10.2. The summed E-state index contributed by atoms with van der Waals surface area (Å²) in [5, 5.41) is 2.76. The first-order chi connectivity index (χ1) is 8.97. The predicted octanol–water partition coefficient (Wildman–Crippen LogP) is 3.85. The minimum absolute atomic E-state index is 0.305. The highest BCUT2D eigenvalue weighted by Gasteiger charge is 2.12. The van der Waals surface area contributed by atoms with E-state index in [4.69, 9.17) is 0 Å². The highest BCUT2D eigenvalue weighted by Crippen LogP contribution is 2.20. The van der Waals surface area contributed by atoms with E-state index in [1.165, 1.54) is 18.2 Å². The van der Waals surface area contributed by atoms with Gasteiger partial charge < -0.3 is 5.32 Å². The van der Waals surface area contributed by atoms with Crippen LogP contribution in [-0.2, 0) is 0 Å². The van der Waals surface area contributed by atoms with Crippen molar-refractivity contribution in [3.05, 3.63) is 57.6 Å². The molecule has 0 saturated carbocycles. The molecular formula is C14H12BrFN2O. The second-order valence-electron chi connectivity index (χ2n) is 4.16. The fraction of sp³-hybridized carbons (Fsp3) is 0.143. The summed E-state index contributed by atoms with van der Waals surface area (Å²) in [7, 11) is 0. The number of hydrogen-bond donors (Lipinski definition) is 1. The second-order valence-corrected chi connectivity index (χ2v) is 5.02. The van der Waals surface area contributed by atoms with Gasteiger partial charge in [0.15, 0.2) is 0 Å². The fourth-order valence-electron chi connectivity index (χ4n) is 1.68. The van der Waals surface area contributed by atoms with Gasteiger partial charge in [0.1, 0.15) is 5.82 Å². The maximum atomic E-state index is 13.0. The molecule has 5 heteroatoms. The Morgan fingerprint density at radius 2 is 2.00 bits per heavy atom. The molecule has 1 aromatic carbocycles. The highest BCUT2D eigenvalue weighted by atomic mass is 79.9. The number of nitrogens with zero attached hydrogens (tertiary/aromatic N) is 1. The topological polar surface area (TPSA) is 42.0 Å². The zero-order chi connectivity index (χ0) is 14.0. The molecule has 0 aliphatic carbocycles. The van der Waals surface area contributed by atoms with E-state index in [2.05, 4.69) is 26.2 Å². The highest BCUT2D eigenvalue weighted by molar-refractivity contribution is 9.10. The van der Waals surface area contributed by atoms with Gasteiger partial charge >= 0.3 is 0 Å². The Morgan fingerprint density at radius 1 is 1.26 bits per heavy atom. The molecule has 2 rings (SSSR count). The van der Waals surface area contributed by atoms with Crippen LogP contribution in [0.5, 0.6) is 0 Å². The number of carbonyl (C=O) groups is 1. The Morgan fingerprint density at radius 3 is 2.63 bits per heavy atom. The molecule has 3 nitrogen and oxygen atoms in total. The van der Waals surface area contributed by atoms with Crippen molar-refractivity contribution in [2.45, 2.75) is 13.8 Å². The number of aromatic nitrogens is 1. The van der Waals surface area contributed by atoms with E-state index >= 15 is 0 Å². The van der Waals surface area contributed by atoms with Gasteiger partial charge in [-0.15, -0.1) is 0 Å². The van der Waals surface area contributed by atoms with Crippen molar-refractivity contribution in [1.29, 1.82) is 0 Å². The van der Waals surface area contributed by atoms with Crippen LogP contribution in [0.15, 0.2) is 34.8 Å². The lowest BCUT2D eigenvalue weighted by molar-refractivity contribution is 0.102. The molecule has 19 heavy (non-hydrogen) atoms. The first kappa shape index (κ1) is 13.7. The molecule has 2 aromatic rings. The van der Waals surface area contributed by atoms with Gasteiger partial charge in [-0.25, -0.2) is 4.39 Å².